The summed E-state index contributed by atoms with van der Waals surface area (Å²) in [4.78, 5) is 0. The molecule has 1 aromatic rings. The summed E-state index contributed by atoms with van der Waals surface area (Å²) in [7, 11) is 0. The number of hydrogen-bond donors (Lipinski definition) is 2. The van der Waals surface area contributed by atoms with Crippen molar-refractivity contribution in [2.45, 2.75) is 11.8 Å². The minimum atomic E-state index is -0.867. The Morgan fingerprint density at radius 2 is 1.88 bits per heavy atom. The lowest BCUT2D eigenvalue weighted by Crippen LogP contribution is -2.36. The first kappa shape index (κ1) is 13.5. The molecule has 1 aromatic carbocycles. The molecule has 0 aliphatic heterocycles. The van der Waals surface area contributed by atoms with E-state index in [0.29, 0.717) is 12.0 Å². The summed E-state index contributed by atoms with van der Waals surface area (Å²) in [6.45, 7) is -0.490. The summed E-state index contributed by atoms with van der Waals surface area (Å²) in [5, 5.41) is 18.9. The molecule has 2 N–H and O–H groups in total. The average molecular weight is 244 g/mol. The topological polar surface area (TPSA) is 40.5 Å². The molecule has 4 heteroatoms. The van der Waals surface area contributed by atoms with Crippen molar-refractivity contribution in [1.82, 2.24) is 0 Å². The van der Waals surface area contributed by atoms with Gasteiger partial charge in [-0.15, -0.1) is 0 Å². The number of aliphatic hydroxyl groups excluding tert-OH is 2. The van der Waals surface area contributed by atoms with Crippen molar-refractivity contribution in [2.75, 3.05) is 25.2 Å². The van der Waals surface area contributed by atoms with Crippen LogP contribution in [0.5, 0.6) is 0 Å². The quantitative estimate of drug-likeness (QED) is 0.801. The Morgan fingerprint density at radius 3 is 2.38 bits per heavy atom. The van der Waals surface area contributed by atoms with E-state index in [-0.39, 0.29) is 19.0 Å². The van der Waals surface area contributed by atoms with Crippen LogP contribution in [0.25, 0.3) is 0 Å². The molecule has 0 heterocycles. The van der Waals surface area contributed by atoms with Crippen LogP contribution in [0.2, 0.25) is 0 Å². The Bertz CT molecular complexity index is 327. The van der Waals surface area contributed by atoms with Crippen LogP contribution in [0, 0.1) is 5.82 Å². The minimum Gasteiger partial charge on any atom is -0.395 e. The molecule has 0 saturated carbocycles. The van der Waals surface area contributed by atoms with Crippen molar-refractivity contribution in [2.24, 2.45) is 0 Å². The fourth-order valence-electron chi connectivity index (χ4n) is 1.70. The van der Waals surface area contributed by atoms with Gasteiger partial charge >= 0.3 is 0 Å². The molecule has 0 fully saturated rings. The number of benzene rings is 1. The van der Waals surface area contributed by atoms with Gasteiger partial charge in [-0.1, -0.05) is 18.2 Å². The van der Waals surface area contributed by atoms with E-state index in [1.54, 1.807) is 30.0 Å². The summed E-state index contributed by atoms with van der Waals surface area (Å²) in [6, 6.07) is 6.31. The molecule has 0 radical (unpaired) electrons. The second kappa shape index (κ2) is 6.23. The van der Waals surface area contributed by atoms with Crippen molar-refractivity contribution >= 4 is 11.8 Å². The largest absolute Gasteiger partial charge is 0.395 e. The average Bonchev–Trinajstić information content (AvgIpc) is 2.33. The number of aliphatic hydroxyl groups is 2. The van der Waals surface area contributed by atoms with Gasteiger partial charge in [0, 0.05) is 5.41 Å². The SMILES string of the molecule is CSCCC(CO)(CO)c1ccccc1F. The first-order chi connectivity index (χ1) is 7.70. The van der Waals surface area contributed by atoms with Crippen molar-refractivity contribution in [3.05, 3.63) is 35.6 Å². The standard InChI is InChI=1S/C12H17FO2S/c1-16-7-6-12(8-14,9-15)10-4-2-3-5-11(10)13/h2-5,14-15H,6-9H2,1H3. The van der Waals surface area contributed by atoms with Gasteiger partial charge in [0.2, 0.25) is 0 Å². The highest BCUT2D eigenvalue weighted by Crippen LogP contribution is 2.30. The first-order valence-electron chi connectivity index (χ1n) is 5.16. The molecule has 0 aliphatic rings. The monoisotopic (exact) mass is 244 g/mol. The summed E-state index contributed by atoms with van der Waals surface area (Å²) in [6.07, 6.45) is 2.50. The number of thioether (sulfide) groups is 1. The summed E-state index contributed by atoms with van der Waals surface area (Å²) in [5.41, 5.74) is -0.469. The third-order valence-corrected chi connectivity index (χ3v) is 3.45. The highest BCUT2D eigenvalue weighted by Gasteiger charge is 2.32. The van der Waals surface area contributed by atoms with Gasteiger partial charge in [-0.05, 0) is 30.1 Å². The van der Waals surface area contributed by atoms with Gasteiger partial charge in [0.15, 0.2) is 0 Å². The van der Waals surface area contributed by atoms with Crippen LogP contribution < -0.4 is 0 Å². The molecule has 2 nitrogen and oxygen atoms in total. The predicted octanol–water partition coefficient (Wildman–Crippen LogP) is 1.80. The Hall–Kier alpha value is -0.580. The maximum Gasteiger partial charge on any atom is 0.127 e. The second-order valence-corrected chi connectivity index (χ2v) is 4.80. The molecule has 0 spiro atoms. The minimum absolute atomic E-state index is 0.245. The fraction of sp³-hybridized carbons (Fsp3) is 0.500. The van der Waals surface area contributed by atoms with E-state index in [1.165, 1.54) is 6.07 Å². The van der Waals surface area contributed by atoms with Crippen LogP contribution in [0.4, 0.5) is 4.39 Å². The molecular formula is C12H17FO2S. The normalized spacial score (nSPS) is 11.8. The lowest BCUT2D eigenvalue weighted by atomic mass is 9.79. The molecule has 0 aromatic heterocycles. The molecular weight excluding hydrogens is 227 g/mol. The van der Waals surface area contributed by atoms with Crippen LogP contribution in [0.15, 0.2) is 24.3 Å². The molecule has 0 saturated heterocycles. The first-order valence-corrected chi connectivity index (χ1v) is 6.55. The third-order valence-electron chi connectivity index (χ3n) is 2.84. The smallest absolute Gasteiger partial charge is 0.127 e. The van der Waals surface area contributed by atoms with E-state index in [9.17, 15) is 14.6 Å². The van der Waals surface area contributed by atoms with Crippen molar-refractivity contribution in [3.8, 4) is 0 Å². The molecule has 16 heavy (non-hydrogen) atoms. The van der Waals surface area contributed by atoms with E-state index in [1.807, 2.05) is 6.26 Å². The Morgan fingerprint density at radius 1 is 1.25 bits per heavy atom. The van der Waals surface area contributed by atoms with E-state index < -0.39 is 5.41 Å². The van der Waals surface area contributed by atoms with Crippen molar-refractivity contribution < 1.29 is 14.6 Å². The third kappa shape index (κ3) is 2.75. The maximum atomic E-state index is 13.7. The van der Waals surface area contributed by atoms with Gasteiger partial charge in [0.25, 0.3) is 0 Å². The van der Waals surface area contributed by atoms with Crippen molar-refractivity contribution in [3.63, 3.8) is 0 Å². The van der Waals surface area contributed by atoms with Crippen LogP contribution in [0.1, 0.15) is 12.0 Å². The zero-order valence-electron chi connectivity index (χ0n) is 9.32. The van der Waals surface area contributed by atoms with Gasteiger partial charge in [-0.3, -0.25) is 0 Å². The second-order valence-electron chi connectivity index (χ2n) is 3.82. The van der Waals surface area contributed by atoms with Crippen LogP contribution in [-0.2, 0) is 5.41 Å². The van der Waals surface area contributed by atoms with E-state index in [0.717, 1.165) is 5.75 Å². The van der Waals surface area contributed by atoms with Gasteiger partial charge < -0.3 is 10.2 Å². The van der Waals surface area contributed by atoms with Crippen LogP contribution in [0.3, 0.4) is 0 Å². The van der Waals surface area contributed by atoms with E-state index in [4.69, 9.17) is 0 Å². The van der Waals surface area contributed by atoms with Gasteiger partial charge in [-0.2, -0.15) is 11.8 Å². The highest BCUT2D eigenvalue weighted by atomic mass is 32.2. The lowest BCUT2D eigenvalue weighted by molar-refractivity contribution is 0.111. The zero-order chi connectivity index (χ0) is 12.0. The molecule has 0 unspecified atom stereocenters. The number of halogens is 1. The summed E-state index contributed by atoms with van der Waals surface area (Å²) in [5.74, 6) is 0.404. The molecule has 0 atom stereocenters. The Labute approximate surface area is 99.5 Å². The molecule has 1 rings (SSSR count). The number of hydrogen-bond acceptors (Lipinski definition) is 3. The predicted molar refractivity (Wildman–Crippen MR) is 65.2 cm³/mol. The van der Waals surface area contributed by atoms with Gasteiger partial charge in [-0.25, -0.2) is 4.39 Å². The summed E-state index contributed by atoms with van der Waals surface area (Å²) >= 11 is 1.62. The maximum absolute atomic E-state index is 13.7. The van der Waals surface area contributed by atoms with Crippen LogP contribution in [-0.4, -0.2) is 35.4 Å². The molecule has 90 valence electrons. The fourth-order valence-corrected chi connectivity index (χ4v) is 2.30. The Balaban J connectivity index is 3.05. The van der Waals surface area contributed by atoms with Crippen LogP contribution >= 0.6 is 11.8 Å². The van der Waals surface area contributed by atoms with Gasteiger partial charge in [0.1, 0.15) is 5.82 Å². The Kier molecular flexibility index (Phi) is 5.25. The summed E-state index contributed by atoms with van der Waals surface area (Å²) < 4.78 is 13.7. The molecule has 0 aliphatic carbocycles. The lowest BCUT2D eigenvalue weighted by Gasteiger charge is -2.30. The van der Waals surface area contributed by atoms with Gasteiger partial charge in [0.05, 0.1) is 13.2 Å². The highest BCUT2D eigenvalue weighted by molar-refractivity contribution is 7.98. The molecule has 0 bridgehead atoms. The number of rotatable bonds is 6. The van der Waals surface area contributed by atoms with E-state index in [2.05, 4.69) is 0 Å². The van der Waals surface area contributed by atoms with Crippen molar-refractivity contribution in [1.29, 1.82) is 0 Å². The zero-order valence-corrected chi connectivity index (χ0v) is 10.1. The van der Waals surface area contributed by atoms with E-state index >= 15 is 0 Å². The molecule has 0 amide bonds.